The first-order valence-electron chi connectivity index (χ1n) is 6.49. The summed E-state index contributed by atoms with van der Waals surface area (Å²) in [4.78, 5) is 0. The van der Waals surface area contributed by atoms with Crippen molar-refractivity contribution in [3.63, 3.8) is 0 Å². The van der Waals surface area contributed by atoms with Gasteiger partial charge in [0.15, 0.2) is 0 Å². The van der Waals surface area contributed by atoms with Gasteiger partial charge in [0.2, 0.25) is 0 Å². The van der Waals surface area contributed by atoms with Crippen molar-refractivity contribution in [2.24, 2.45) is 22.7 Å². The highest BCUT2D eigenvalue weighted by Gasteiger charge is 3.07. The van der Waals surface area contributed by atoms with Crippen molar-refractivity contribution in [1.82, 2.24) is 0 Å². The van der Waals surface area contributed by atoms with Gasteiger partial charge in [-0.2, -0.15) is 0 Å². The number of hydrogen-bond donors (Lipinski definition) is 0. The molecule has 3 saturated carbocycles. The molecule has 0 saturated heterocycles. The Kier molecular flexibility index (Phi) is 1.58. The summed E-state index contributed by atoms with van der Waals surface area (Å²) < 4.78 is 0. The number of hydrogen-bond acceptors (Lipinski definition) is 0. The first kappa shape index (κ1) is 9.00. The van der Waals surface area contributed by atoms with Crippen LogP contribution in [0.5, 0.6) is 0 Å². The molecule has 0 aromatic carbocycles. The molecule has 0 amide bonds. The Balaban J connectivity index is 1.53. The van der Waals surface area contributed by atoms with Crippen LogP contribution in [0, 0.1) is 22.7 Å². The molecule has 0 nitrogen and oxygen atoms in total. The van der Waals surface area contributed by atoms with Gasteiger partial charge in [0, 0.05) is 5.41 Å². The summed E-state index contributed by atoms with van der Waals surface area (Å²) in [6.07, 6.45) is 9.55. The third-order valence-corrected chi connectivity index (χ3v) is 5.49. The normalized spacial score (nSPS) is 54.1. The quantitative estimate of drug-likeness (QED) is 0.451. The summed E-state index contributed by atoms with van der Waals surface area (Å²) in [5, 5.41) is 0. The van der Waals surface area contributed by atoms with Gasteiger partial charge in [0.05, 0.1) is 0 Å². The molecule has 0 heterocycles. The van der Waals surface area contributed by atoms with E-state index >= 15 is 0 Å². The zero-order chi connectivity index (χ0) is 9.97. The highest BCUT2D eigenvalue weighted by Crippen LogP contribution is 3.11. The second-order valence-corrected chi connectivity index (χ2v) is 5.57. The van der Waals surface area contributed by atoms with Crippen LogP contribution in [-0.2, 0) is 0 Å². The van der Waals surface area contributed by atoms with E-state index in [4.69, 9.17) is 0 Å². The van der Waals surface area contributed by atoms with Crippen LogP contribution in [0.3, 0.4) is 0 Å². The van der Waals surface area contributed by atoms with E-state index in [2.05, 4.69) is 26.8 Å². The standard InChI is InChI=1S/C14H22/c1-4-6-7-8-9-11-12-13(5-2)10(3)14(11,12)13/h9-10,12H,4-8H2,1-3H3. The van der Waals surface area contributed by atoms with Gasteiger partial charge in [-0.1, -0.05) is 45.3 Å². The van der Waals surface area contributed by atoms with Crippen LogP contribution >= 0.6 is 0 Å². The first-order chi connectivity index (χ1) is 6.78. The number of fused-ring (bicyclic) bond motifs is 1. The Bertz CT molecular complexity index is 301. The molecule has 1 spiro atoms. The fourth-order valence-corrected chi connectivity index (χ4v) is 4.61. The van der Waals surface area contributed by atoms with E-state index in [0.717, 1.165) is 22.7 Å². The number of rotatable bonds is 5. The third kappa shape index (κ3) is 0.647. The maximum absolute atomic E-state index is 2.58. The van der Waals surface area contributed by atoms with Crippen molar-refractivity contribution < 1.29 is 0 Å². The molecule has 78 valence electrons. The average Bonchev–Trinajstić information content (AvgIpc) is 3.07. The molecule has 0 N–H and O–H groups in total. The molecule has 0 radical (unpaired) electrons. The summed E-state index contributed by atoms with van der Waals surface area (Å²) >= 11 is 0. The lowest BCUT2D eigenvalue weighted by atomic mass is 9.99. The lowest BCUT2D eigenvalue weighted by Gasteiger charge is -2.05. The highest BCUT2D eigenvalue weighted by molar-refractivity contribution is 5.72. The zero-order valence-corrected chi connectivity index (χ0v) is 9.77. The Morgan fingerprint density at radius 1 is 1.29 bits per heavy atom. The second-order valence-electron chi connectivity index (χ2n) is 5.57. The summed E-state index contributed by atoms with van der Waals surface area (Å²) in [6, 6.07) is 0. The van der Waals surface area contributed by atoms with Crippen molar-refractivity contribution in [2.75, 3.05) is 0 Å². The van der Waals surface area contributed by atoms with E-state index in [1.807, 2.05) is 5.57 Å². The van der Waals surface area contributed by atoms with Crippen molar-refractivity contribution >= 4 is 0 Å². The lowest BCUT2D eigenvalue weighted by molar-refractivity contribution is 0.472. The fourth-order valence-electron chi connectivity index (χ4n) is 4.61. The molecule has 3 rings (SSSR count). The van der Waals surface area contributed by atoms with Gasteiger partial charge in [-0.25, -0.2) is 0 Å². The molecular formula is C14H22. The predicted octanol–water partition coefficient (Wildman–Crippen LogP) is 4.17. The van der Waals surface area contributed by atoms with Crippen LogP contribution in [0.4, 0.5) is 0 Å². The molecule has 4 unspecified atom stereocenters. The largest absolute Gasteiger partial charge is 0.0844 e. The molecule has 0 aliphatic heterocycles. The van der Waals surface area contributed by atoms with Crippen LogP contribution < -0.4 is 0 Å². The minimum atomic E-state index is 0.813. The van der Waals surface area contributed by atoms with Gasteiger partial charge in [-0.15, -0.1) is 0 Å². The minimum absolute atomic E-state index is 0.813. The van der Waals surface area contributed by atoms with Crippen LogP contribution in [0.15, 0.2) is 11.6 Å². The van der Waals surface area contributed by atoms with Crippen LogP contribution in [0.2, 0.25) is 0 Å². The Morgan fingerprint density at radius 3 is 2.57 bits per heavy atom. The second kappa shape index (κ2) is 2.46. The summed E-state index contributed by atoms with van der Waals surface area (Å²) in [5.41, 5.74) is 3.53. The highest BCUT2D eigenvalue weighted by atomic mass is 15.1. The van der Waals surface area contributed by atoms with Crippen LogP contribution in [0.1, 0.15) is 52.9 Å². The maximum Gasteiger partial charge on any atom is 0.00831 e. The predicted molar refractivity (Wildman–Crippen MR) is 60.0 cm³/mol. The van der Waals surface area contributed by atoms with Gasteiger partial charge >= 0.3 is 0 Å². The summed E-state index contributed by atoms with van der Waals surface area (Å²) in [5.74, 6) is 2.12. The fraction of sp³-hybridized carbons (Fsp3) is 0.857. The first-order valence-corrected chi connectivity index (χ1v) is 6.49. The van der Waals surface area contributed by atoms with Gasteiger partial charge in [0.25, 0.3) is 0 Å². The van der Waals surface area contributed by atoms with Gasteiger partial charge in [-0.3, -0.25) is 0 Å². The topological polar surface area (TPSA) is 0 Å². The van der Waals surface area contributed by atoms with E-state index < -0.39 is 0 Å². The van der Waals surface area contributed by atoms with E-state index in [-0.39, 0.29) is 0 Å². The Morgan fingerprint density at radius 2 is 2.07 bits per heavy atom. The molecule has 0 bridgehead atoms. The molecule has 0 aromatic heterocycles. The van der Waals surface area contributed by atoms with Crippen LogP contribution in [-0.4, -0.2) is 0 Å². The molecule has 14 heavy (non-hydrogen) atoms. The number of allylic oxidation sites excluding steroid dienone is 2. The molecule has 0 aromatic rings. The molecular weight excluding hydrogens is 168 g/mol. The Labute approximate surface area is 87.8 Å². The monoisotopic (exact) mass is 190 g/mol. The molecule has 4 atom stereocenters. The average molecular weight is 190 g/mol. The maximum atomic E-state index is 2.58. The van der Waals surface area contributed by atoms with Crippen molar-refractivity contribution in [3.05, 3.63) is 11.6 Å². The molecule has 3 fully saturated rings. The van der Waals surface area contributed by atoms with E-state index in [1.54, 1.807) is 0 Å². The molecule has 0 heteroatoms. The SMILES string of the molecule is CCCCCC=C1C2C3(CC)C(C)C123. The minimum Gasteiger partial charge on any atom is -0.0844 e. The van der Waals surface area contributed by atoms with E-state index in [0.29, 0.717) is 0 Å². The third-order valence-electron chi connectivity index (χ3n) is 5.49. The molecule has 3 aliphatic rings. The van der Waals surface area contributed by atoms with Gasteiger partial charge < -0.3 is 0 Å². The Hall–Kier alpha value is -0.260. The van der Waals surface area contributed by atoms with Crippen molar-refractivity contribution in [1.29, 1.82) is 0 Å². The van der Waals surface area contributed by atoms with Crippen molar-refractivity contribution in [2.45, 2.75) is 52.9 Å². The lowest BCUT2D eigenvalue weighted by Crippen LogP contribution is -1.98. The van der Waals surface area contributed by atoms with Crippen LogP contribution in [0.25, 0.3) is 0 Å². The zero-order valence-electron chi connectivity index (χ0n) is 9.77. The summed E-state index contributed by atoms with van der Waals surface area (Å²) in [7, 11) is 0. The van der Waals surface area contributed by atoms with E-state index in [1.165, 1.54) is 32.1 Å². The molecule has 3 aliphatic carbocycles. The van der Waals surface area contributed by atoms with E-state index in [9.17, 15) is 0 Å². The van der Waals surface area contributed by atoms with Gasteiger partial charge in [-0.05, 0) is 36.5 Å². The number of unbranched alkanes of at least 4 members (excludes halogenated alkanes) is 3. The van der Waals surface area contributed by atoms with Crippen molar-refractivity contribution in [3.8, 4) is 0 Å². The summed E-state index contributed by atoms with van der Waals surface area (Å²) in [6.45, 7) is 7.13. The van der Waals surface area contributed by atoms with Gasteiger partial charge in [0.1, 0.15) is 0 Å². The smallest absolute Gasteiger partial charge is 0.00831 e.